The largest absolute Gasteiger partial charge is 0.497 e. The molecule has 1 aliphatic carbocycles. The second-order valence-electron chi connectivity index (χ2n) is 6.77. The lowest BCUT2D eigenvalue weighted by molar-refractivity contribution is 0.415. The minimum Gasteiger partial charge on any atom is -0.497 e. The van der Waals surface area contributed by atoms with E-state index in [4.69, 9.17) is 14.7 Å². The number of nitrogens with one attached hydrogen (secondary N) is 1. The molecule has 0 unspecified atom stereocenters. The normalized spacial score (nSPS) is 14.5. The molecule has 0 bridgehead atoms. The number of ether oxygens (including phenoxy) is 1. The van der Waals surface area contributed by atoms with E-state index in [1.54, 1.807) is 7.11 Å². The van der Waals surface area contributed by atoms with Crippen LogP contribution in [0.5, 0.6) is 5.75 Å². The molecule has 0 atom stereocenters. The molecule has 1 heterocycles. The van der Waals surface area contributed by atoms with Crippen LogP contribution in [-0.4, -0.2) is 30.2 Å². The lowest BCUT2D eigenvalue weighted by atomic mass is 10.2. The van der Waals surface area contributed by atoms with Crippen LogP contribution in [0.4, 0.5) is 17.5 Å². The van der Waals surface area contributed by atoms with Crippen molar-refractivity contribution in [2.45, 2.75) is 31.7 Å². The second kappa shape index (κ2) is 7.20. The van der Waals surface area contributed by atoms with Crippen molar-refractivity contribution in [3.05, 3.63) is 48.5 Å². The third-order valence-corrected chi connectivity index (χ3v) is 5.05. The maximum atomic E-state index is 5.25. The smallest absolute Gasteiger partial charge is 0.232 e. The summed E-state index contributed by atoms with van der Waals surface area (Å²) in [7, 11) is 3.66. The van der Waals surface area contributed by atoms with Gasteiger partial charge in [0.05, 0.1) is 12.6 Å². The predicted molar refractivity (Wildman–Crippen MR) is 106 cm³/mol. The summed E-state index contributed by atoms with van der Waals surface area (Å²) in [5.74, 6) is 2.46. The Morgan fingerprint density at radius 1 is 1.00 bits per heavy atom. The van der Waals surface area contributed by atoms with Crippen molar-refractivity contribution in [3.63, 3.8) is 0 Å². The van der Waals surface area contributed by atoms with Gasteiger partial charge < -0.3 is 15.0 Å². The average molecular weight is 348 g/mol. The van der Waals surface area contributed by atoms with Crippen LogP contribution < -0.4 is 15.0 Å². The van der Waals surface area contributed by atoms with Gasteiger partial charge in [-0.25, -0.2) is 4.98 Å². The third kappa shape index (κ3) is 3.29. The summed E-state index contributed by atoms with van der Waals surface area (Å²) < 4.78 is 5.25. The summed E-state index contributed by atoms with van der Waals surface area (Å²) in [5.41, 5.74) is 1.98. The van der Waals surface area contributed by atoms with Crippen LogP contribution in [0.1, 0.15) is 25.7 Å². The maximum absolute atomic E-state index is 5.25. The Morgan fingerprint density at radius 3 is 2.46 bits per heavy atom. The minimum atomic E-state index is 0.507. The van der Waals surface area contributed by atoms with Gasteiger partial charge in [0.2, 0.25) is 5.95 Å². The van der Waals surface area contributed by atoms with Crippen molar-refractivity contribution in [2.75, 3.05) is 24.4 Å². The topological polar surface area (TPSA) is 50.3 Å². The van der Waals surface area contributed by atoms with E-state index in [2.05, 4.69) is 11.4 Å². The lowest BCUT2D eigenvalue weighted by Crippen LogP contribution is -2.18. The van der Waals surface area contributed by atoms with Gasteiger partial charge in [-0.05, 0) is 49.2 Å². The molecule has 5 nitrogen and oxygen atoms in total. The van der Waals surface area contributed by atoms with Gasteiger partial charge in [-0.3, -0.25) is 0 Å². The van der Waals surface area contributed by atoms with Crippen LogP contribution in [0.3, 0.4) is 0 Å². The predicted octanol–water partition coefficient (Wildman–Crippen LogP) is 4.76. The summed E-state index contributed by atoms with van der Waals surface area (Å²) in [6.45, 7) is 0. The Bertz CT molecular complexity index is 888. The number of anilines is 3. The number of benzene rings is 2. The second-order valence-corrected chi connectivity index (χ2v) is 6.77. The Morgan fingerprint density at radius 2 is 1.73 bits per heavy atom. The molecule has 26 heavy (non-hydrogen) atoms. The first-order chi connectivity index (χ1) is 12.7. The summed E-state index contributed by atoms with van der Waals surface area (Å²) in [6, 6.07) is 16.6. The van der Waals surface area contributed by atoms with E-state index < -0.39 is 0 Å². The Kier molecular flexibility index (Phi) is 4.61. The van der Waals surface area contributed by atoms with Crippen molar-refractivity contribution in [1.29, 1.82) is 0 Å². The van der Waals surface area contributed by atoms with Gasteiger partial charge in [-0.2, -0.15) is 4.98 Å². The van der Waals surface area contributed by atoms with Gasteiger partial charge in [0.1, 0.15) is 11.6 Å². The fourth-order valence-electron chi connectivity index (χ4n) is 3.51. The third-order valence-electron chi connectivity index (χ3n) is 5.05. The number of aromatic nitrogens is 2. The van der Waals surface area contributed by atoms with Crippen molar-refractivity contribution in [1.82, 2.24) is 9.97 Å². The van der Waals surface area contributed by atoms with Crippen LogP contribution in [0.2, 0.25) is 0 Å². The van der Waals surface area contributed by atoms with Gasteiger partial charge in [-0.15, -0.1) is 0 Å². The zero-order valence-electron chi connectivity index (χ0n) is 15.3. The molecule has 134 valence electrons. The molecule has 1 fully saturated rings. The van der Waals surface area contributed by atoms with Gasteiger partial charge in [0, 0.05) is 24.2 Å². The molecule has 3 aromatic rings. The highest BCUT2D eigenvalue weighted by atomic mass is 16.5. The van der Waals surface area contributed by atoms with Gasteiger partial charge in [0.25, 0.3) is 0 Å². The highest BCUT2D eigenvalue weighted by molar-refractivity contribution is 5.90. The molecule has 1 aliphatic rings. The van der Waals surface area contributed by atoms with Crippen LogP contribution in [-0.2, 0) is 0 Å². The fraction of sp³-hybridized carbons (Fsp3) is 0.333. The van der Waals surface area contributed by atoms with Crippen LogP contribution >= 0.6 is 0 Å². The van der Waals surface area contributed by atoms with Gasteiger partial charge in [0.15, 0.2) is 0 Å². The van der Waals surface area contributed by atoms with E-state index in [9.17, 15) is 0 Å². The summed E-state index contributed by atoms with van der Waals surface area (Å²) >= 11 is 0. The SMILES string of the molecule is COc1ccc(N(C)c2nc(NC3CCCC3)c3ccccc3n2)cc1. The highest BCUT2D eigenvalue weighted by Gasteiger charge is 2.18. The monoisotopic (exact) mass is 348 g/mol. The first kappa shape index (κ1) is 16.6. The van der Waals surface area contributed by atoms with E-state index >= 15 is 0 Å². The molecule has 0 radical (unpaired) electrons. The molecule has 1 N–H and O–H groups in total. The quantitative estimate of drug-likeness (QED) is 0.720. The Hall–Kier alpha value is -2.82. The number of hydrogen-bond acceptors (Lipinski definition) is 5. The standard InChI is InChI=1S/C21H24N4O/c1-25(16-11-13-17(26-2)14-12-16)21-23-19-10-6-5-9-18(19)20(24-21)22-15-7-3-4-8-15/h5-6,9-15H,3-4,7-8H2,1-2H3,(H,22,23,24). The summed E-state index contributed by atoms with van der Waals surface area (Å²) in [5, 5.41) is 4.73. The molecule has 4 rings (SSSR count). The number of fused-ring (bicyclic) bond motifs is 1. The van der Waals surface area contributed by atoms with Crippen molar-refractivity contribution in [2.24, 2.45) is 0 Å². The molecule has 1 saturated carbocycles. The average Bonchev–Trinajstić information content (AvgIpc) is 3.20. The molecule has 0 saturated heterocycles. The number of para-hydroxylation sites is 1. The van der Waals surface area contributed by atoms with Crippen LogP contribution in [0.25, 0.3) is 10.9 Å². The maximum Gasteiger partial charge on any atom is 0.232 e. The molecule has 0 aliphatic heterocycles. The van der Waals surface area contributed by atoms with Crippen molar-refractivity contribution in [3.8, 4) is 5.75 Å². The van der Waals surface area contributed by atoms with E-state index in [1.807, 2.05) is 54.4 Å². The van der Waals surface area contributed by atoms with E-state index in [1.165, 1.54) is 25.7 Å². The van der Waals surface area contributed by atoms with E-state index in [0.717, 1.165) is 28.2 Å². The molecule has 1 aromatic heterocycles. The first-order valence-electron chi connectivity index (χ1n) is 9.16. The molecule has 0 spiro atoms. The molecule has 2 aromatic carbocycles. The fourth-order valence-corrected chi connectivity index (χ4v) is 3.51. The molecular formula is C21H24N4O. The number of hydrogen-bond donors (Lipinski definition) is 1. The highest BCUT2D eigenvalue weighted by Crippen LogP contribution is 2.30. The Balaban J connectivity index is 1.71. The zero-order chi connectivity index (χ0) is 17.9. The number of methoxy groups -OCH3 is 1. The molecule has 0 amide bonds. The number of rotatable bonds is 5. The molecular weight excluding hydrogens is 324 g/mol. The Labute approximate surface area is 154 Å². The summed E-state index contributed by atoms with van der Waals surface area (Å²) in [6.07, 6.45) is 5.00. The van der Waals surface area contributed by atoms with Crippen molar-refractivity contribution >= 4 is 28.4 Å². The van der Waals surface area contributed by atoms with E-state index in [0.29, 0.717) is 12.0 Å². The van der Waals surface area contributed by atoms with Gasteiger partial charge >= 0.3 is 0 Å². The van der Waals surface area contributed by atoms with Gasteiger partial charge in [-0.1, -0.05) is 25.0 Å². The molecule has 5 heteroatoms. The first-order valence-corrected chi connectivity index (χ1v) is 9.16. The lowest BCUT2D eigenvalue weighted by Gasteiger charge is -2.21. The van der Waals surface area contributed by atoms with Crippen LogP contribution in [0.15, 0.2) is 48.5 Å². The van der Waals surface area contributed by atoms with Crippen LogP contribution in [0, 0.1) is 0 Å². The van der Waals surface area contributed by atoms with Crippen molar-refractivity contribution < 1.29 is 4.74 Å². The summed E-state index contributed by atoms with van der Waals surface area (Å²) in [4.78, 5) is 11.6. The van der Waals surface area contributed by atoms with E-state index in [-0.39, 0.29) is 0 Å². The minimum absolute atomic E-state index is 0.507. The zero-order valence-corrected chi connectivity index (χ0v) is 15.3. The number of nitrogens with zero attached hydrogens (tertiary/aromatic N) is 3.